The molecule has 0 unspecified atom stereocenters. The van der Waals surface area contributed by atoms with Crippen LogP contribution in [0.2, 0.25) is 0 Å². The minimum atomic E-state index is -4.21. The first-order valence-electron chi connectivity index (χ1n) is 10.1. The Labute approximate surface area is 192 Å². The summed E-state index contributed by atoms with van der Waals surface area (Å²) in [5, 5.41) is 0. The number of carbonyl (C=O) groups is 2. The molecule has 3 rings (SSSR count). The zero-order valence-electron chi connectivity index (χ0n) is 18.8. The summed E-state index contributed by atoms with van der Waals surface area (Å²) in [6.45, 7) is 1.21. The van der Waals surface area contributed by atoms with Crippen LogP contribution in [0.5, 0.6) is 17.2 Å². The molecule has 10 nitrogen and oxygen atoms in total. The van der Waals surface area contributed by atoms with Crippen molar-refractivity contribution in [1.82, 2.24) is 4.90 Å². The third kappa shape index (κ3) is 4.98. The van der Waals surface area contributed by atoms with Crippen LogP contribution < -0.4 is 18.9 Å². The quantitative estimate of drug-likeness (QED) is 0.575. The first kappa shape index (κ1) is 24.2. The SMILES string of the molecule is COC(=O)c1cc(OC)c(OC)cc1NS(=O)(=O)c1ccc(OC)c(C(=O)N2CCCC2)c1. The van der Waals surface area contributed by atoms with Gasteiger partial charge in [0.1, 0.15) is 5.75 Å². The Balaban J connectivity index is 2.04. The number of rotatable bonds is 8. The van der Waals surface area contributed by atoms with E-state index in [9.17, 15) is 18.0 Å². The fourth-order valence-electron chi connectivity index (χ4n) is 3.56. The normalized spacial score (nSPS) is 13.4. The lowest BCUT2D eigenvalue weighted by Gasteiger charge is -2.19. The van der Waals surface area contributed by atoms with Crippen molar-refractivity contribution in [3.8, 4) is 17.2 Å². The molecule has 0 spiro atoms. The molecule has 1 N–H and O–H groups in total. The number of nitrogens with one attached hydrogen (secondary N) is 1. The fraction of sp³-hybridized carbons (Fsp3) is 0.364. The van der Waals surface area contributed by atoms with Gasteiger partial charge >= 0.3 is 5.97 Å². The fourth-order valence-corrected chi connectivity index (χ4v) is 4.65. The van der Waals surface area contributed by atoms with Gasteiger partial charge in [-0.2, -0.15) is 0 Å². The third-order valence-corrected chi connectivity index (χ3v) is 6.64. The Bertz CT molecular complexity index is 1160. The summed E-state index contributed by atoms with van der Waals surface area (Å²) in [6.07, 6.45) is 1.78. The van der Waals surface area contributed by atoms with Crippen molar-refractivity contribution in [1.29, 1.82) is 0 Å². The van der Waals surface area contributed by atoms with Crippen molar-refractivity contribution >= 4 is 27.6 Å². The molecule has 0 aromatic heterocycles. The summed E-state index contributed by atoms with van der Waals surface area (Å²) < 4.78 is 49.3. The van der Waals surface area contributed by atoms with Gasteiger partial charge in [0.05, 0.1) is 50.1 Å². The molecular formula is C22H26N2O8S. The maximum atomic E-state index is 13.2. The van der Waals surface area contributed by atoms with Crippen LogP contribution in [0.15, 0.2) is 35.2 Å². The monoisotopic (exact) mass is 478 g/mol. The Morgan fingerprint density at radius 1 is 0.848 bits per heavy atom. The van der Waals surface area contributed by atoms with Gasteiger partial charge in [0.15, 0.2) is 11.5 Å². The maximum absolute atomic E-state index is 13.2. The predicted octanol–water partition coefficient (Wildman–Crippen LogP) is 2.54. The van der Waals surface area contributed by atoms with Gasteiger partial charge in [-0.1, -0.05) is 0 Å². The third-order valence-electron chi connectivity index (χ3n) is 5.28. The van der Waals surface area contributed by atoms with Crippen molar-refractivity contribution < 1.29 is 37.0 Å². The van der Waals surface area contributed by atoms with Crippen LogP contribution in [0.25, 0.3) is 0 Å². The second-order valence-electron chi connectivity index (χ2n) is 7.21. The summed E-state index contributed by atoms with van der Waals surface area (Å²) in [5.41, 5.74) is 0.00567. The van der Waals surface area contributed by atoms with E-state index in [2.05, 4.69) is 4.72 Å². The Morgan fingerprint density at radius 2 is 1.45 bits per heavy atom. The van der Waals surface area contributed by atoms with Gasteiger partial charge in [-0.25, -0.2) is 13.2 Å². The zero-order valence-corrected chi connectivity index (χ0v) is 19.7. The molecule has 2 aromatic carbocycles. The number of hydrogen-bond acceptors (Lipinski definition) is 8. The number of likely N-dealkylation sites (tertiary alicyclic amines) is 1. The van der Waals surface area contributed by atoms with Crippen molar-refractivity contribution in [2.75, 3.05) is 46.3 Å². The minimum Gasteiger partial charge on any atom is -0.496 e. The largest absolute Gasteiger partial charge is 0.496 e. The lowest BCUT2D eigenvalue weighted by atomic mass is 10.1. The van der Waals surface area contributed by atoms with Gasteiger partial charge in [0.2, 0.25) is 0 Å². The van der Waals surface area contributed by atoms with Crippen LogP contribution in [-0.2, 0) is 14.8 Å². The van der Waals surface area contributed by atoms with Gasteiger partial charge in [-0.15, -0.1) is 0 Å². The number of sulfonamides is 1. The highest BCUT2D eigenvalue weighted by molar-refractivity contribution is 7.92. The van der Waals surface area contributed by atoms with Gasteiger partial charge in [-0.05, 0) is 31.0 Å². The van der Waals surface area contributed by atoms with Gasteiger partial charge in [0.25, 0.3) is 15.9 Å². The van der Waals surface area contributed by atoms with E-state index < -0.39 is 16.0 Å². The van der Waals surface area contributed by atoms with E-state index in [1.807, 2.05) is 0 Å². The molecule has 0 saturated carbocycles. The second kappa shape index (κ2) is 9.99. The lowest BCUT2D eigenvalue weighted by molar-refractivity contribution is 0.0601. The molecule has 1 amide bonds. The summed E-state index contributed by atoms with van der Waals surface area (Å²) >= 11 is 0. The number of carbonyl (C=O) groups excluding carboxylic acids is 2. The standard InChI is InChI=1S/C22H26N2O8S/c1-29-18-8-7-14(11-16(18)21(25)24-9-5-6-10-24)33(27,28)23-17-13-20(31-3)19(30-2)12-15(17)22(26)32-4/h7-8,11-13,23H,5-6,9-10H2,1-4H3. The average molecular weight is 479 g/mol. The molecule has 33 heavy (non-hydrogen) atoms. The lowest BCUT2D eigenvalue weighted by Crippen LogP contribution is -2.28. The molecule has 1 aliphatic heterocycles. The Kier molecular flexibility index (Phi) is 7.32. The smallest absolute Gasteiger partial charge is 0.340 e. The molecular weight excluding hydrogens is 452 g/mol. The van der Waals surface area contributed by atoms with Crippen LogP contribution in [0.1, 0.15) is 33.6 Å². The average Bonchev–Trinajstić information content (AvgIpc) is 3.37. The van der Waals surface area contributed by atoms with Crippen LogP contribution in [-0.4, -0.2) is 66.7 Å². The zero-order chi connectivity index (χ0) is 24.2. The molecule has 11 heteroatoms. The summed E-state index contributed by atoms with van der Waals surface area (Å²) in [5.74, 6) is -0.366. The van der Waals surface area contributed by atoms with E-state index in [1.54, 1.807) is 4.90 Å². The molecule has 1 saturated heterocycles. The number of ether oxygens (including phenoxy) is 4. The minimum absolute atomic E-state index is 0.0669. The first-order valence-corrected chi connectivity index (χ1v) is 11.6. The number of amides is 1. The van der Waals surface area contributed by atoms with Gasteiger partial charge < -0.3 is 23.8 Å². The maximum Gasteiger partial charge on any atom is 0.340 e. The van der Waals surface area contributed by atoms with Gasteiger partial charge in [-0.3, -0.25) is 9.52 Å². The topological polar surface area (TPSA) is 120 Å². The first-order chi connectivity index (χ1) is 15.7. The van der Waals surface area contributed by atoms with Crippen LogP contribution in [0.4, 0.5) is 5.69 Å². The molecule has 2 aromatic rings. The second-order valence-corrected chi connectivity index (χ2v) is 8.89. The van der Waals surface area contributed by atoms with E-state index in [1.165, 1.54) is 58.8 Å². The van der Waals surface area contributed by atoms with E-state index in [4.69, 9.17) is 18.9 Å². The van der Waals surface area contributed by atoms with Crippen molar-refractivity contribution in [2.45, 2.75) is 17.7 Å². The molecule has 1 fully saturated rings. The molecule has 0 atom stereocenters. The number of anilines is 1. The molecule has 1 heterocycles. The summed E-state index contributed by atoms with van der Waals surface area (Å²) in [7, 11) is 1.15. The number of benzene rings is 2. The van der Waals surface area contributed by atoms with Crippen LogP contribution in [0.3, 0.4) is 0 Å². The number of methoxy groups -OCH3 is 4. The number of hydrogen-bond donors (Lipinski definition) is 1. The highest BCUT2D eigenvalue weighted by Crippen LogP contribution is 2.35. The van der Waals surface area contributed by atoms with Crippen molar-refractivity contribution in [3.63, 3.8) is 0 Å². The van der Waals surface area contributed by atoms with Gasteiger partial charge in [0, 0.05) is 25.2 Å². The van der Waals surface area contributed by atoms with Crippen LogP contribution in [0, 0.1) is 0 Å². The number of esters is 1. The van der Waals surface area contributed by atoms with E-state index in [-0.39, 0.29) is 44.9 Å². The molecule has 0 radical (unpaired) electrons. The Morgan fingerprint density at radius 3 is 2.03 bits per heavy atom. The van der Waals surface area contributed by atoms with E-state index in [0.717, 1.165) is 12.8 Å². The highest BCUT2D eigenvalue weighted by atomic mass is 32.2. The van der Waals surface area contributed by atoms with Crippen molar-refractivity contribution in [2.24, 2.45) is 0 Å². The van der Waals surface area contributed by atoms with Crippen LogP contribution >= 0.6 is 0 Å². The summed E-state index contributed by atoms with van der Waals surface area (Å²) in [6, 6.07) is 6.65. The van der Waals surface area contributed by atoms with E-state index >= 15 is 0 Å². The summed E-state index contributed by atoms with van der Waals surface area (Å²) in [4.78, 5) is 26.7. The van der Waals surface area contributed by atoms with E-state index in [0.29, 0.717) is 13.1 Å². The predicted molar refractivity (Wildman–Crippen MR) is 120 cm³/mol. The molecule has 178 valence electrons. The molecule has 0 aliphatic carbocycles. The van der Waals surface area contributed by atoms with Crippen molar-refractivity contribution in [3.05, 3.63) is 41.5 Å². The molecule has 1 aliphatic rings. The highest BCUT2D eigenvalue weighted by Gasteiger charge is 2.27. The number of nitrogens with zero attached hydrogens (tertiary/aromatic N) is 1. The molecule has 0 bridgehead atoms. The Hall–Kier alpha value is -3.47.